The molecule has 0 amide bonds. The van der Waals surface area contributed by atoms with Gasteiger partial charge in [0.25, 0.3) is 0 Å². The van der Waals surface area contributed by atoms with Crippen LogP contribution in [-0.4, -0.2) is 43.9 Å². The summed E-state index contributed by atoms with van der Waals surface area (Å²) < 4.78 is 11.7. The van der Waals surface area contributed by atoms with E-state index in [1.165, 1.54) is 75.9 Å². The molecule has 2 aliphatic carbocycles. The Morgan fingerprint density at radius 2 is 1.22 bits per heavy atom. The second kappa shape index (κ2) is 12.9. The highest BCUT2D eigenvalue weighted by molar-refractivity contribution is 7.59. The van der Waals surface area contributed by atoms with Crippen LogP contribution in [0.1, 0.15) is 69.8 Å². The van der Waals surface area contributed by atoms with Crippen molar-refractivity contribution in [3.63, 3.8) is 0 Å². The molecular formula is C24H39O2P. The Morgan fingerprint density at radius 1 is 0.667 bits per heavy atom. The molecule has 0 radical (unpaired) electrons. The van der Waals surface area contributed by atoms with E-state index in [0.717, 1.165) is 44.2 Å². The van der Waals surface area contributed by atoms with Gasteiger partial charge in [0, 0.05) is 0 Å². The van der Waals surface area contributed by atoms with E-state index in [1.54, 1.807) is 0 Å². The van der Waals surface area contributed by atoms with Gasteiger partial charge in [0.05, 0.1) is 26.4 Å². The van der Waals surface area contributed by atoms with Crippen molar-refractivity contribution in [3.05, 3.63) is 35.9 Å². The Labute approximate surface area is 168 Å². The predicted octanol–water partition coefficient (Wildman–Crippen LogP) is 6.41. The summed E-state index contributed by atoms with van der Waals surface area (Å²) in [6.45, 7) is 3.25. The van der Waals surface area contributed by atoms with E-state index in [1.807, 2.05) is 0 Å². The zero-order chi connectivity index (χ0) is 18.6. The molecule has 2 fully saturated rings. The fourth-order valence-electron chi connectivity index (χ4n) is 4.82. The lowest BCUT2D eigenvalue weighted by Crippen LogP contribution is -2.23. The lowest BCUT2D eigenvalue weighted by Gasteiger charge is -2.38. The quantitative estimate of drug-likeness (QED) is 0.321. The molecule has 3 heteroatoms. The minimum absolute atomic E-state index is 0.179. The first-order valence-corrected chi connectivity index (χ1v) is 13.0. The van der Waals surface area contributed by atoms with Crippen LogP contribution in [0.3, 0.4) is 0 Å². The summed E-state index contributed by atoms with van der Waals surface area (Å²) in [7, 11) is 0.179. The van der Waals surface area contributed by atoms with Crippen LogP contribution >= 0.6 is 7.92 Å². The molecule has 3 rings (SSSR count). The number of benzene rings is 1. The SMILES string of the molecule is c1ccc(CCOCCOCCP(C2CCCCC2)C2CCCCC2)cc1. The summed E-state index contributed by atoms with van der Waals surface area (Å²) in [6.07, 6.45) is 17.2. The Balaban J connectivity index is 1.29. The molecule has 1 aromatic carbocycles. The van der Waals surface area contributed by atoms with E-state index in [9.17, 15) is 0 Å². The summed E-state index contributed by atoms with van der Waals surface area (Å²) in [4.78, 5) is 0. The highest BCUT2D eigenvalue weighted by Gasteiger charge is 2.30. The summed E-state index contributed by atoms with van der Waals surface area (Å²) >= 11 is 0. The van der Waals surface area contributed by atoms with Gasteiger partial charge in [-0.05, 0) is 55.1 Å². The second-order valence-corrected chi connectivity index (χ2v) is 11.2. The van der Waals surface area contributed by atoms with Gasteiger partial charge in [-0.25, -0.2) is 0 Å². The molecule has 2 aliphatic rings. The van der Waals surface area contributed by atoms with E-state index in [-0.39, 0.29) is 7.92 Å². The van der Waals surface area contributed by atoms with Crippen molar-refractivity contribution in [3.8, 4) is 0 Å². The first-order valence-electron chi connectivity index (χ1n) is 11.4. The molecule has 0 spiro atoms. The second-order valence-electron chi connectivity index (χ2n) is 8.28. The van der Waals surface area contributed by atoms with E-state index in [4.69, 9.17) is 9.47 Å². The van der Waals surface area contributed by atoms with E-state index in [2.05, 4.69) is 30.3 Å². The standard InChI is InChI=1S/C24H39O2P/c1-4-10-22(11-5-1)16-17-25-18-19-26-20-21-27(23-12-6-2-7-13-23)24-14-8-3-9-15-24/h1,4-5,10-11,23-24H,2-3,6-9,12-21H2. The van der Waals surface area contributed by atoms with Crippen LogP contribution in [0.5, 0.6) is 0 Å². The van der Waals surface area contributed by atoms with Gasteiger partial charge >= 0.3 is 0 Å². The van der Waals surface area contributed by atoms with Gasteiger partial charge in [0.15, 0.2) is 0 Å². The zero-order valence-electron chi connectivity index (χ0n) is 17.1. The minimum atomic E-state index is 0.179. The first-order chi connectivity index (χ1) is 13.4. The fraction of sp³-hybridized carbons (Fsp3) is 0.750. The van der Waals surface area contributed by atoms with Crippen LogP contribution in [0.25, 0.3) is 0 Å². The molecule has 27 heavy (non-hydrogen) atoms. The highest BCUT2D eigenvalue weighted by Crippen LogP contribution is 2.55. The molecule has 2 nitrogen and oxygen atoms in total. The van der Waals surface area contributed by atoms with Gasteiger partial charge in [-0.1, -0.05) is 76.8 Å². The molecule has 0 aromatic heterocycles. The van der Waals surface area contributed by atoms with E-state index >= 15 is 0 Å². The molecule has 0 atom stereocenters. The van der Waals surface area contributed by atoms with Gasteiger partial charge in [-0.3, -0.25) is 0 Å². The molecule has 0 aliphatic heterocycles. The fourth-order valence-corrected chi connectivity index (χ4v) is 8.54. The Morgan fingerprint density at radius 3 is 1.81 bits per heavy atom. The van der Waals surface area contributed by atoms with Crippen LogP contribution in [0.2, 0.25) is 0 Å². The number of ether oxygens (including phenoxy) is 2. The maximum atomic E-state index is 5.99. The molecule has 0 N–H and O–H groups in total. The summed E-state index contributed by atoms with van der Waals surface area (Å²) in [5.74, 6) is 0. The van der Waals surface area contributed by atoms with Gasteiger partial charge < -0.3 is 9.47 Å². The molecule has 0 bridgehead atoms. The molecule has 2 saturated carbocycles. The number of hydrogen-bond acceptors (Lipinski definition) is 2. The molecule has 152 valence electrons. The monoisotopic (exact) mass is 390 g/mol. The Kier molecular flexibility index (Phi) is 10.2. The molecule has 0 heterocycles. The summed E-state index contributed by atoms with van der Waals surface area (Å²) in [5.41, 5.74) is 3.44. The maximum Gasteiger partial charge on any atom is 0.0700 e. The van der Waals surface area contributed by atoms with Gasteiger partial charge in [-0.2, -0.15) is 0 Å². The van der Waals surface area contributed by atoms with Crippen LogP contribution < -0.4 is 0 Å². The average Bonchev–Trinajstić information content (AvgIpc) is 2.75. The van der Waals surface area contributed by atoms with Crippen molar-refractivity contribution in [2.75, 3.05) is 32.6 Å². The predicted molar refractivity (Wildman–Crippen MR) is 117 cm³/mol. The largest absolute Gasteiger partial charge is 0.379 e. The van der Waals surface area contributed by atoms with Crippen molar-refractivity contribution in [2.24, 2.45) is 0 Å². The minimum Gasteiger partial charge on any atom is -0.379 e. The topological polar surface area (TPSA) is 18.5 Å². The van der Waals surface area contributed by atoms with Gasteiger partial charge in [0.1, 0.15) is 0 Å². The molecule has 0 unspecified atom stereocenters. The third kappa shape index (κ3) is 7.84. The van der Waals surface area contributed by atoms with Crippen molar-refractivity contribution in [1.29, 1.82) is 0 Å². The third-order valence-corrected chi connectivity index (χ3v) is 9.94. The van der Waals surface area contributed by atoms with Crippen molar-refractivity contribution >= 4 is 7.92 Å². The lowest BCUT2D eigenvalue weighted by atomic mass is 9.99. The zero-order valence-corrected chi connectivity index (χ0v) is 18.0. The van der Waals surface area contributed by atoms with Crippen molar-refractivity contribution < 1.29 is 9.47 Å². The van der Waals surface area contributed by atoms with Crippen LogP contribution in [0.15, 0.2) is 30.3 Å². The maximum absolute atomic E-state index is 5.99. The number of rotatable bonds is 11. The smallest absolute Gasteiger partial charge is 0.0700 e. The molecule has 1 aromatic rings. The summed E-state index contributed by atoms with van der Waals surface area (Å²) in [5, 5.41) is 0. The lowest BCUT2D eigenvalue weighted by molar-refractivity contribution is 0.0548. The number of hydrogen-bond donors (Lipinski definition) is 0. The first kappa shape index (κ1) is 21.3. The van der Waals surface area contributed by atoms with Crippen LogP contribution in [0, 0.1) is 0 Å². The van der Waals surface area contributed by atoms with E-state index < -0.39 is 0 Å². The molecular weight excluding hydrogens is 351 g/mol. The van der Waals surface area contributed by atoms with Crippen LogP contribution in [-0.2, 0) is 15.9 Å². The molecule has 0 saturated heterocycles. The normalized spacial score (nSPS) is 19.6. The highest BCUT2D eigenvalue weighted by atomic mass is 31.1. The van der Waals surface area contributed by atoms with Crippen molar-refractivity contribution in [1.82, 2.24) is 0 Å². The van der Waals surface area contributed by atoms with Crippen molar-refractivity contribution in [2.45, 2.75) is 81.9 Å². The third-order valence-electron chi connectivity index (χ3n) is 6.33. The van der Waals surface area contributed by atoms with Gasteiger partial charge in [-0.15, -0.1) is 0 Å². The average molecular weight is 391 g/mol. The van der Waals surface area contributed by atoms with Gasteiger partial charge in [0.2, 0.25) is 0 Å². The Bertz CT molecular complexity index is 462. The van der Waals surface area contributed by atoms with E-state index in [0.29, 0.717) is 0 Å². The van der Waals surface area contributed by atoms with Crippen LogP contribution in [0.4, 0.5) is 0 Å². The Hall–Kier alpha value is -0.430. The summed E-state index contributed by atoms with van der Waals surface area (Å²) in [6, 6.07) is 10.6.